The molecule has 3 nitrogen and oxygen atoms in total. The molecule has 1 aromatic carbocycles. The molecule has 1 aromatic rings. The number of rotatable bonds is 2. The number of carbonyl (C=O) groups excluding carboxylic acids is 1. The Bertz CT molecular complexity index is 233. The number of nitrogens with one attached hydrogen (secondary N) is 1. The van der Waals surface area contributed by atoms with Gasteiger partial charge in [0, 0.05) is 6.92 Å². The van der Waals surface area contributed by atoms with E-state index in [-0.39, 0.29) is 5.97 Å². The van der Waals surface area contributed by atoms with Gasteiger partial charge in [0.2, 0.25) is 0 Å². The first-order valence-corrected chi connectivity index (χ1v) is 3.27. The minimum absolute atomic E-state index is 0.353. The first-order chi connectivity index (χ1) is 5.29. The summed E-state index contributed by atoms with van der Waals surface area (Å²) in [7, 11) is 0. The maximum atomic E-state index is 10.3. The maximum absolute atomic E-state index is 10.3. The number of carbonyl (C=O) groups is 1. The molecule has 11 heavy (non-hydrogen) atoms. The molecule has 58 valence electrons. The summed E-state index contributed by atoms with van der Waals surface area (Å²) >= 11 is 0. The molecule has 0 unspecified atom stereocenters. The van der Waals surface area contributed by atoms with Gasteiger partial charge in [-0.05, 0) is 12.1 Å². The largest absolute Gasteiger partial charge is 0.344 e. The summed E-state index contributed by atoms with van der Waals surface area (Å²) in [6.07, 6.45) is 0. The number of hydrogen-bond acceptors (Lipinski definition) is 3. The van der Waals surface area contributed by atoms with Crippen LogP contribution in [0.4, 0.5) is 5.69 Å². The van der Waals surface area contributed by atoms with Crippen molar-refractivity contribution in [2.75, 3.05) is 5.48 Å². The SMILES string of the molecule is CC(=O)ONc1ccccc1. The second kappa shape index (κ2) is 3.61. The predicted octanol–water partition coefficient (Wildman–Crippen LogP) is 1.58. The molecule has 0 aliphatic heterocycles. The minimum atomic E-state index is -0.353. The summed E-state index contributed by atoms with van der Waals surface area (Å²) in [5.74, 6) is -0.353. The average molecular weight is 151 g/mol. The van der Waals surface area contributed by atoms with Crippen LogP contribution < -0.4 is 5.48 Å². The van der Waals surface area contributed by atoms with Crippen LogP contribution in [0.5, 0.6) is 0 Å². The molecular weight excluding hydrogens is 142 g/mol. The lowest BCUT2D eigenvalue weighted by molar-refractivity contribution is -0.138. The molecule has 0 saturated carbocycles. The molecule has 0 aliphatic rings. The quantitative estimate of drug-likeness (QED) is 0.652. The summed E-state index contributed by atoms with van der Waals surface area (Å²) in [4.78, 5) is 14.9. The molecule has 0 saturated heterocycles. The van der Waals surface area contributed by atoms with Gasteiger partial charge in [0.15, 0.2) is 0 Å². The molecule has 3 heteroatoms. The summed E-state index contributed by atoms with van der Waals surface area (Å²) in [5, 5.41) is 0. The Morgan fingerprint density at radius 1 is 1.36 bits per heavy atom. The van der Waals surface area contributed by atoms with E-state index in [9.17, 15) is 4.79 Å². The molecule has 1 N–H and O–H groups in total. The third kappa shape index (κ3) is 2.71. The van der Waals surface area contributed by atoms with Crippen molar-refractivity contribution in [3.05, 3.63) is 30.3 Å². The van der Waals surface area contributed by atoms with E-state index >= 15 is 0 Å². The van der Waals surface area contributed by atoms with Gasteiger partial charge in [-0.25, -0.2) is 5.48 Å². The predicted molar refractivity (Wildman–Crippen MR) is 41.8 cm³/mol. The zero-order valence-corrected chi connectivity index (χ0v) is 6.20. The topological polar surface area (TPSA) is 38.3 Å². The normalized spacial score (nSPS) is 8.82. The molecular formula is C8H9NO2. The summed E-state index contributed by atoms with van der Waals surface area (Å²) in [5.41, 5.74) is 3.26. The fraction of sp³-hybridized carbons (Fsp3) is 0.125. The molecule has 0 atom stereocenters. The third-order valence-corrected chi connectivity index (χ3v) is 1.09. The Hall–Kier alpha value is -1.51. The fourth-order valence-electron chi connectivity index (χ4n) is 0.637. The zero-order valence-electron chi connectivity index (χ0n) is 6.20. The van der Waals surface area contributed by atoms with Gasteiger partial charge in [-0.15, -0.1) is 0 Å². The van der Waals surface area contributed by atoms with Crippen LogP contribution in [0.2, 0.25) is 0 Å². The van der Waals surface area contributed by atoms with Crippen molar-refractivity contribution in [1.82, 2.24) is 0 Å². The zero-order chi connectivity index (χ0) is 8.10. The van der Waals surface area contributed by atoms with Gasteiger partial charge >= 0.3 is 5.97 Å². The molecule has 0 spiro atoms. The Morgan fingerprint density at radius 2 is 2.00 bits per heavy atom. The van der Waals surface area contributed by atoms with Crippen molar-refractivity contribution >= 4 is 11.7 Å². The second-order valence-corrected chi connectivity index (χ2v) is 2.06. The monoisotopic (exact) mass is 151 g/mol. The van der Waals surface area contributed by atoms with Crippen molar-refractivity contribution < 1.29 is 9.63 Å². The number of para-hydroxylation sites is 1. The third-order valence-electron chi connectivity index (χ3n) is 1.09. The average Bonchev–Trinajstić information content (AvgIpc) is 2.03. The fourth-order valence-corrected chi connectivity index (χ4v) is 0.637. The van der Waals surface area contributed by atoms with E-state index in [4.69, 9.17) is 0 Å². The van der Waals surface area contributed by atoms with E-state index in [1.54, 1.807) is 0 Å². The first-order valence-electron chi connectivity index (χ1n) is 3.27. The Balaban J connectivity index is 2.45. The van der Waals surface area contributed by atoms with Crippen LogP contribution >= 0.6 is 0 Å². The van der Waals surface area contributed by atoms with Crippen molar-refractivity contribution in [2.45, 2.75) is 6.92 Å². The smallest absolute Gasteiger partial charge is 0.329 e. The second-order valence-electron chi connectivity index (χ2n) is 2.06. The molecule has 0 aliphatic carbocycles. The maximum Gasteiger partial charge on any atom is 0.329 e. The lowest BCUT2D eigenvalue weighted by Crippen LogP contribution is -2.05. The number of hydrogen-bond donors (Lipinski definition) is 1. The highest BCUT2D eigenvalue weighted by Gasteiger charge is 1.91. The molecule has 1 rings (SSSR count). The first kappa shape index (κ1) is 7.60. The highest BCUT2D eigenvalue weighted by molar-refractivity contribution is 5.67. The Labute approximate surface area is 64.9 Å². The van der Waals surface area contributed by atoms with Crippen LogP contribution in [0.1, 0.15) is 6.92 Å². The molecule has 0 radical (unpaired) electrons. The summed E-state index contributed by atoms with van der Waals surface area (Å²) in [6.45, 7) is 1.34. The Kier molecular flexibility index (Phi) is 2.49. The standard InChI is InChI=1S/C8H9NO2/c1-7(10)11-9-8-5-3-2-4-6-8/h2-6,9H,1H3. The summed E-state index contributed by atoms with van der Waals surface area (Å²) < 4.78 is 0. The van der Waals surface area contributed by atoms with E-state index in [2.05, 4.69) is 10.3 Å². The van der Waals surface area contributed by atoms with Gasteiger partial charge in [-0.2, -0.15) is 0 Å². The van der Waals surface area contributed by atoms with E-state index in [0.717, 1.165) is 5.69 Å². The molecule has 0 heterocycles. The molecule has 0 amide bonds. The minimum Gasteiger partial charge on any atom is -0.344 e. The van der Waals surface area contributed by atoms with Crippen LogP contribution in [0.15, 0.2) is 30.3 Å². The van der Waals surface area contributed by atoms with Crippen molar-refractivity contribution in [3.8, 4) is 0 Å². The van der Waals surface area contributed by atoms with Crippen LogP contribution in [-0.2, 0) is 9.63 Å². The molecule has 0 aromatic heterocycles. The Morgan fingerprint density at radius 3 is 2.55 bits per heavy atom. The lowest BCUT2D eigenvalue weighted by atomic mass is 10.3. The van der Waals surface area contributed by atoms with Gasteiger partial charge < -0.3 is 4.84 Å². The lowest BCUT2D eigenvalue weighted by Gasteiger charge is -2.02. The highest BCUT2D eigenvalue weighted by atomic mass is 16.7. The van der Waals surface area contributed by atoms with Crippen LogP contribution in [0.25, 0.3) is 0 Å². The molecule has 0 bridgehead atoms. The van der Waals surface area contributed by atoms with Gasteiger partial charge in [0.05, 0.1) is 5.69 Å². The van der Waals surface area contributed by atoms with Crippen LogP contribution in [0.3, 0.4) is 0 Å². The molecule has 0 fully saturated rings. The van der Waals surface area contributed by atoms with Crippen molar-refractivity contribution in [1.29, 1.82) is 0 Å². The number of anilines is 1. The van der Waals surface area contributed by atoms with E-state index in [1.165, 1.54) is 6.92 Å². The van der Waals surface area contributed by atoms with Gasteiger partial charge in [-0.1, -0.05) is 18.2 Å². The van der Waals surface area contributed by atoms with E-state index in [0.29, 0.717) is 0 Å². The highest BCUT2D eigenvalue weighted by Crippen LogP contribution is 2.03. The van der Waals surface area contributed by atoms with Crippen molar-refractivity contribution in [3.63, 3.8) is 0 Å². The van der Waals surface area contributed by atoms with E-state index < -0.39 is 0 Å². The van der Waals surface area contributed by atoms with Gasteiger partial charge in [0.25, 0.3) is 0 Å². The van der Waals surface area contributed by atoms with Crippen LogP contribution in [-0.4, -0.2) is 5.97 Å². The van der Waals surface area contributed by atoms with Gasteiger partial charge in [0.1, 0.15) is 0 Å². The van der Waals surface area contributed by atoms with E-state index in [1.807, 2.05) is 30.3 Å². The number of benzene rings is 1. The summed E-state index contributed by atoms with van der Waals surface area (Å²) in [6, 6.07) is 9.21. The van der Waals surface area contributed by atoms with Crippen molar-refractivity contribution in [2.24, 2.45) is 0 Å². The van der Waals surface area contributed by atoms with Crippen LogP contribution in [0, 0.1) is 0 Å². The van der Waals surface area contributed by atoms with Gasteiger partial charge in [-0.3, -0.25) is 4.79 Å².